The van der Waals surface area contributed by atoms with Gasteiger partial charge in [-0.05, 0) is 44.7 Å². The van der Waals surface area contributed by atoms with Crippen molar-refractivity contribution in [3.05, 3.63) is 30.3 Å². The number of anilines is 1. The summed E-state index contributed by atoms with van der Waals surface area (Å²) in [5, 5.41) is 1.43. The van der Waals surface area contributed by atoms with Gasteiger partial charge in [0.25, 0.3) is 11.8 Å². The van der Waals surface area contributed by atoms with Crippen molar-refractivity contribution in [1.29, 1.82) is 0 Å². The van der Waals surface area contributed by atoms with Gasteiger partial charge in [0.05, 0.1) is 5.69 Å². The molecule has 1 fully saturated rings. The molecule has 0 spiro atoms. The van der Waals surface area contributed by atoms with E-state index in [-0.39, 0.29) is 23.7 Å². The predicted octanol–water partition coefficient (Wildman–Crippen LogP) is 2.36. The molecule has 3 atom stereocenters. The molecule has 1 aromatic carbocycles. The lowest BCUT2D eigenvalue weighted by atomic mass is 10.1. The number of nitrogens with zero attached hydrogens (tertiary/aromatic N) is 3. The minimum Gasteiger partial charge on any atom is -0.333 e. The number of nitrogens with one attached hydrogen (secondary N) is 1. The van der Waals surface area contributed by atoms with Gasteiger partial charge in [0.15, 0.2) is 0 Å². The summed E-state index contributed by atoms with van der Waals surface area (Å²) < 4.78 is 0. The highest BCUT2D eigenvalue weighted by Gasteiger charge is 2.34. The Labute approximate surface area is 148 Å². The van der Waals surface area contributed by atoms with Gasteiger partial charge < -0.3 is 4.90 Å². The van der Waals surface area contributed by atoms with Crippen LogP contribution in [0.4, 0.5) is 5.69 Å². The number of hydrogen-bond acceptors (Lipinski definition) is 4. The summed E-state index contributed by atoms with van der Waals surface area (Å²) in [6, 6.07) is 8.88. The second kappa shape index (κ2) is 7.25. The van der Waals surface area contributed by atoms with Crippen LogP contribution in [0.1, 0.15) is 40.0 Å². The second-order valence-electron chi connectivity index (χ2n) is 7.12. The molecule has 0 bridgehead atoms. The van der Waals surface area contributed by atoms with Crippen LogP contribution in [0.2, 0.25) is 0 Å². The van der Waals surface area contributed by atoms with Crippen molar-refractivity contribution < 1.29 is 9.59 Å². The minimum absolute atomic E-state index is 0.124. The third kappa shape index (κ3) is 3.67. The summed E-state index contributed by atoms with van der Waals surface area (Å²) in [7, 11) is 0. The van der Waals surface area contributed by atoms with E-state index in [4.69, 9.17) is 0 Å². The van der Waals surface area contributed by atoms with Crippen LogP contribution in [0.5, 0.6) is 0 Å². The second-order valence-corrected chi connectivity index (χ2v) is 7.12. The first-order chi connectivity index (χ1) is 12.0. The molecule has 1 aromatic rings. The van der Waals surface area contributed by atoms with Crippen LogP contribution in [0.3, 0.4) is 0 Å². The minimum atomic E-state index is -0.583. The van der Waals surface area contributed by atoms with Crippen LogP contribution in [-0.2, 0) is 9.59 Å². The maximum absolute atomic E-state index is 13.1. The van der Waals surface area contributed by atoms with Crippen molar-refractivity contribution in [2.24, 2.45) is 10.9 Å². The monoisotopic (exact) mass is 342 g/mol. The van der Waals surface area contributed by atoms with Crippen molar-refractivity contribution in [2.75, 3.05) is 11.6 Å². The zero-order valence-corrected chi connectivity index (χ0v) is 15.1. The largest absolute Gasteiger partial charge is 0.333 e. The highest BCUT2D eigenvalue weighted by Crippen LogP contribution is 2.22. The van der Waals surface area contributed by atoms with Gasteiger partial charge in [-0.3, -0.25) is 15.0 Å². The van der Waals surface area contributed by atoms with E-state index >= 15 is 0 Å². The van der Waals surface area contributed by atoms with Gasteiger partial charge >= 0.3 is 0 Å². The van der Waals surface area contributed by atoms with E-state index in [9.17, 15) is 9.59 Å². The molecule has 134 valence electrons. The molecule has 0 radical (unpaired) electrons. The number of hydrazine groups is 1. The summed E-state index contributed by atoms with van der Waals surface area (Å²) in [4.78, 5) is 31.8. The Morgan fingerprint density at radius 1 is 1.16 bits per heavy atom. The molecule has 3 rings (SSSR count). The molecule has 0 aliphatic carbocycles. The average Bonchev–Trinajstić information content (AvgIpc) is 2.78. The molecule has 2 aliphatic rings. The molecule has 1 saturated heterocycles. The van der Waals surface area contributed by atoms with E-state index in [1.54, 1.807) is 6.92 Å². The third-order valence-corrected chi connectivity index (χ3v) is 4.96. The molecule has 2 aliphatic heterocycles. The maximum atomic E-state index is 13.1. The molecular formula is C19H26N4O2. The fourth-order valence-corrected chi connectivity index (χ4v) is 3.44. The number of carbonyl (C=O) groups excluding carboxylic acids is 2. The van der Waals surface area contributed by atoms with Crippen LogP contribution >= 0.6 is 0 Å². The van der Waals surface area contributed by atoms with Gasteiger partial charge in [0.2, 0.25) is 5.84 Å². The molecule has 0 unspecified atom stereocenters. The first-order valence-corrected chi connectivity index (χ1v) is 9.02. The van der Waals surface area contributed by atoms with Gasteiger partial charge in [0, 0.05) is 12.6 Å². The van der Waals surface area contributed by atoms with Gasteiger partial charge in [-0.1, -0.05) is 31.5 Å². The van der Waals surface area contributed by atoms with Gasteiger partial charge in [0.1, 0.15) is 6.04 Å². The molecule has 0 aromatic heterocycles. The van der Waals surface area contributed by atoms with Gasteiger partial charge in [-0.25, -0.2) is 10.0 Å². The number of carbonyl (C=O) groups is 2. The molecule has 1 N–H and O–H groups in total. The van der Waals surface area contributed by atoms with Crippen LogP contribution in [0.25, 0.3) is 0 Å². The topological polar surface area (TPSA) is 65.0 Å². The highest BCUT2D eigenvalue weighted by atomic mass is 16.2. The number of rotatable bonds is 2. The Balaban J connectivity index is 1.84. The van der Waals surface area contributed by atoms with Gasteiger partial charge in [-0.15, -0.1) is 0 Å². The van der Waals surface area contributed by atoms with Gasteiger partial charge in [-0.2, -0.15) is 0 Å². The van der Waals surface area contributed by atoms with E-state index in [1.165, 1.54) is 5.01 Å². The number of aliphatic imine (C=N–C) groups is 1. The lowest BCUT2D eigenvalue weighted by molar-refractivity contribution is -0.126. The third-order valence-electron chi connectivity index (χ3n) is 4.96. The van der Waals surface area contributed by atoms with Crippen molar-refractivity contribution in [3.63, 3.8) is 0 Å². The first kappa shape index (κ1) is 17.5. The van der Waals surface area contributed by atoms with Crippen molar-refractivity contribution in [1.82, 2.24) is 10.3 Å². The first-order valence-electron chi connectivity index (χ1n) is 9.02. The standard InChI is InChI=1S/C19H26N4O2/c1-13-8-7-9-14(2)22(12-13)19(25)17-20-15(3)18(24)23(21-17)16-10-5-4-6-11-16/h4-6,10-11,13-15H,7-9,12H2,1-3H3,(H,20,21)/t13-,14-,15+/m1/s1. The van der Waals surface area contributed by atoms with E-state index in [0.29, 0.717) is 11.6 Å². The molecule has 0 saturated carbocycles. The van der Waals surface area contributed by atoms with Crippen molar-refractivity contribution in [2.45, 2.75) is 52.1 Å². The molecule has 6 heteroatoms. The number of benzene rings is 1. The van der Waals surface area contributed by atoms with Crippen molar-refractivity contribution in [3.8, 4) is 0 Å². The average molecular weight is 342 g/mol. The Kier molecular flexibility index (Phi) is 5.06. The number of amides is 2. The Morgan fingerprint density at radius 3 is 2.60 bits per heavy atom. The predicted molar refractivity (Wildman–Crippen MR) is 98.2 cm³/mol. The maximum Gasteiger partial charge on any atom is 0.290 e. The number of amidine groups is 1. The van der Waals surface area contributed by atoms with Crippen LogP contribution in [-0.4, -0.2) is 41.2 Å². The SMILES string of the molecule is C[C@@H]1CCC[C@@H](C)N(C(=O)C2=N[C@@H](C)C(=O)N(c3ccccc3)N2)C1. The lowest BCUT2D eigenvalue weighted by Gasteiger charge is -2.34. The molecule has 2 amide bonds. The highest BCUT2D eigenvalue weighted by molar-refractivity contribution is 6.39. The van der Waals surface area contributed by atoms with E-state index in [1.807, 2.05) is 35.2 Å². The fourth-order valence-electron chi connectivity index (χ4n) is 3.44. The molecule has 6 nitrogen and oxygen atoms in total. The zero-order chi connectivity index (χ0) is 18.0. The number of likely N-dealkylation sites (tertiary alicyclic amines) is 1. The summed E-state index contributed by atoms with van der Waals surface area (Å²) >= 11 is 0. The lowest BCUT2D eigenvalue weighted by Crippen LogP contribution is -2.59. The van der Waals surface area contributed by atoms with Crippen LogP contribution in [0, 0.1) is 5.92 Å². The molecular weight excluding hydrogens is 316 g/mol. The Morgan fingerprint density at radius 2 is 1.88 bits per heavy atom. The zero-order valence-electron chi connectivity index (χ0n) is 15.1. The molecule has 2 heterocycles. The van der Waals surface area contributed by atoms with Crippen LogP contribution in [0.15, 0.2) is 35.3 Å². The van der Waals surface area contributed by atoms with Crippen molar-refractivity contribution >= 4 is 23.3 Å². The smallest absolute Gasteiger partial charge is 0.290 e. The van der Waals surface area contributed by atoms with E-state index in [2.05, 4.69) is 24.3 Å². The number of hydrogen-bond donors (Lipinski definition) is 1. The summed E-state index contributed by atoms with van der Waals surface area (Å²) in [6.45, 7) is 6.72. The fraction of sp³-hybridized carbons (Fsp3) is 0.526. The molecule has 25 heavy (non-hydrogen) atoms. The Hall–Kier alpha value is -2.37. The van der Waals surface area contributed by atoms with E-state index in [0.717, 1.165) is 25.8 Å². The quantitative estimate of drug-likeness (QED) is 0.897. The normalized spacial score (nSPS) is 27.4. The van der Waals surface area contributed by atoms with E-state index < -0.39 is 6.04 Å². The van der Waals surface area contributed by atoms with Crippen LogP contribution < -0.4 is 10.4 Å². The summed E-state index contributed by atoms with van der Waals surface area (Å²) in [5.41, 5.74) is 3.65. The summed E-state index contributed by atoms with van der Waals surface area (Å²) in [6.07, 6.45) is 3.27. The summed E-state index contributed by atoms with van der Waals surface area (Å²) in [5.74, 6) is 0.431. The number of para-hydroxylation sites is 1. The Bertz CT molecular complexity index is 673.